The molecule has 1 aliphatic heterocycles. The molecule has 1 aromatic heterocycles. The first-order valence-corrected chi connectivity index (χ1v) is 7.91. The van der Waals surface area contributed by atoms with E-state index < -0.39 is 5.41 Å². The van der Waals surface area contributed by atoms with Gasteiger partial charge in [0.2, 0.25) is 5.91 Å². The number of aromatic nitrogens is 3. The van der Waals surface area contributed by atoms with Crippen molar-refractivity contribution < 1.29 is 4.79 Å². The summed E-state index contributed by atoms with van der Waals surface area (Å²) in [5.74, 6) is 1.46. The third-order valence-corrected chi connectivity index (χ3v) is 5.02. The zero-order valence-electron chi connectivity index (χ0n) is 13.4. The van der Waals surface area contributed by atoms with Crippen LogP contribution in [0.4, 0.5) is 0 Å². The first kappa shape index (κ1) is 15.9. The molecule has 2 heterocycles. The summed E-state index contributed by atoms with van der Waals surface area (Å²) >= 11 is 0. The quantitative estimate of drug-likeness (QED) is 0.887. The van der Waals surface area contributed by atoms with E-state index in [0.29, 0.717) is 6.54 Å². The van der Waals surface area contributed by atoms with Gasteiger partial charge in [-0.05, 0) is 25.7 Å². The molecule has 0 saturated carbocycles. The minimum Gasteiger partial charge on any atom is -0.341 e. The molecule has 21 heavy (non-hydrogen) atoms. The molecular formula is C15H27N5O. The molecule has 118 valence electrons. The topological polar surface area (TPSA) is 77.0 Å². The van der Waals surface area contributed by atoms with Gasteiger partial charge < -0.3 is 15.2 Å². The summed E-state index contributed by atoms with van der Waals surface area (Å²) in [6.45, 7) is 6.09. The summed E-state index contributed by atoms with van der Waals surface area (Å²) < 4.78 is 1.95. The Balaban J connectivity index is 2.14. The number of hydrogen-bond donors (Lipinski definition) is 1. The number of hydrogen-bond acceptors (Lipinski definition) is 4. The highest BCUT2D eigenvalue weighted by molar-refractivity contribution is 5.83. The van der Waals surface area contributed by atoms with E-state index in [0.717, 1.165) is 44.6 Å². The molecule has 1 atom stereocenters. The molecule has 0 aliphatic carbocycles. The first-order chi connectivity index (χ1) is 10.1. The van der Waals surface area contributed by atoms with Crippen LogP contribution in [0.1, 0.15) is 51.3 Å². The van der Waals surface area contributed by atoms with Crippen LogP contribution in [0.5, 0.6) is 0 Å². The van der Waals surface area contributed by atoms with Crippen LogP contribution >= 0.6 is 0 Å². The zero-order chi connectivity index (χ0) is 15.5. The number of amides is 1. The fourth-order valence-electron chi connectivity index (χ4n) is 3.30. The largest absolute Gasteiger partial charge is 0.341 e. The molecule has 0 bridgehead atoms. The highest BCUT2D eigenvalue weighted by Gasteiger charge is 2.39. The summed E-state index contributed by atoms with van der Waals surface area (Å²) in [7, 11) is 1.96. The molecule has 1 aliphatic rings. The maximum Gasteiger partial charge on any atom is 0.230 e. The second-order valence-electron chi connectivity index (χ2n) is 6.08. The molecule has 1 fully saturated rings. The van der Waals surface area contributed by atoms with E-state index in [-0.39, 0.29) is 11.8 Å². The van der Waals surface area contributed by atoms with Gasteiger partial charge in [-0.3, -0.25) is 4.79 Å². The Kier molecular flexibility index (Phi) is 4.98. The van der Waals surface area contributed by atoms with E-state index in [1.807, 2.05) is 16.5 Å². The SMILES string of the molecule is CCC(CC)(CN)C(=O)N1CCCC(c2nncn2C)C1. The van der Waals surface area contributed by atoms with Crippen LogP contribution < -0.4 is 5.73 Å². The molecule has 0 aromatic carbocycles. The molecule has 1 aromatic rings. The number of carbonyl (C=O) groups is 1. The molecule has 1 unspecified atom stereocenters. The van der Waals surface area contributed by atoms with Crippen molar-refractivity contribution in [1.82, 2.24) is 19.7 Å². The van der Waals surface area contributed by atoms with Gasteiger partial charge in [0.25, 0.3) is 0 Å². The monoisotopic (exact) mass is 293 g/mol. The lowest BCUT2D eigenvalue weighted by Crippen LogP contribution is -2.50. The predicted molar refractivity (Wildman–Crippen MR) is 81.6 cm³/mol. The molecule has 2 rings (SSSR count). The summed E-state index contributed by atoms with van der Waals surface area (Å²) in [6, 6.07) is 0. The lowest BCUT2D eigenvalue weighted by molar-refractivity contribution is -0.143. The molecular weight excluding hydrogens is 266 g/mol. The van der Waals surface area contributed by atoms with Crippen LogP contribution in [0.2, 0.25) is 0 Å². The van der Waals surface area contributed by atoms with Crippen molar-refractivity contribution in [3.8, 4) is 0 Å². The lowest BCUT2D eigenvalue weighted by atomic mass is 9.80. The summed E-state index contributed by atoms with van der Waals surface area (Å²) in [4.78, 5) is 14.9. The van der Waals surface area contributed by atoms with Crippen molar-refractivity contribution >= 4 is 5.91 Å². The summed E-state index contributed by atoms with van der Waals surface area (Å²) in [5.41, 5.74) is 5.51. The van der Waals surface area contributed by atoms with Gasteiger partial charge in [0, 0.05) is 32.6 Å². The average molecular weight is 293 g/mol. The highest BCUT2D eigenvalue weighted by atomic mass is 16.2. The number of carbonyl (C=O) groups excluding carboxylic acids is 1. The van der Waals surface area contributed by atoms with Gasteiger partial charge in [0.05, 0.1) is 5.41 Å². The lowest BCUT2D eigenvalue weighted by Gasteiger charge is -2.39. The Morgan fingerprint density at radius 2 is 2.19 bits per heavy atom. The molecule has 0 radical (unpaired) electrons. The third-order valence-electron chi connectivity index (χ3n) is 5.02. The summed E-state index contributed by atoms with van der Waals surface area (Å²) in [5, 5.41) is 8.16. The van der Waals surface area contributed by atoms with Gasteiger partial charge >= 0.3 is 0 Å². The van der Waals surface area contributed by atoms with Crippen molar-refractivity contribution in [2.75, 3.05) is 19.6 Å². The van der Waals surface area contributed by atoms with Crippen LogP contribution in [0.25, 0.3) is 0 Å². The second-order valence-corrected chi connectivity index (χ2v) is 6.08. The van der Waals surface area contributed by atoms with Gasteiger partial charge in [-0.2, -0.15) is 0 Å². The van der Waals surface area contributed by atoms with Gasteiger partial charge in [-0.1, -0.05) is 13.8 Å². The Morgan fingerprint density at radius 3 is 2.71 bits per heavy atom. The third kappa shape index (κ3) is 2.95. The first-order valence-electron chi connectivity index (χ1n) is 7.91. The zero-order valence-corrected chi connectivity index (χ0v) is 13.4. The second kappa shape index (κ2) is 6.56. The van der Waals surface area contributed by atoms with E-state index in [1.54, 1.807) is 6.33 Å². The normalized spacial score (nSPS) is 19.8. The molecule has 6 heteroatoms. The number of rotatable bonds is 5. The van der Waals surface area contributed by atoms with E-state index >= 15 is 0 Å². The Labute approximate surface area is 126 Å². The standard InChI is InChI=1S/C15H27N5O/c1-4-15(5-2,10-16)14(21)20-8-6-7-12(9-20)13-18-17-11-19(13)3/h11-12H,4-10,16H2,1-3H3. The maximum atomic E-state index is 12.9. The molecule has 1 saturated heterocycles. The predicted octanol–water partition coefficient (Wildman–Crippen LogP) is 1.29. The number of nitrogens with zero attached hydrogens (tertiary/aromatic N) is 4. The van der Waals surface area contributed by atoms with Crippen LogP contribution in [0.15, 0.2) is 6.33 Å². The fraction of sp³-hybridized carbons (Fsp3) is 0.800. The molecule has 2 N–H and O–H groups in total. The number of nitrogens with two attached hydrogens (primary N) is 1. The molecule has 6 nitrogen and oxygen atoms in total. The Morgan fingerprint density at radius 1 is 1.48 bits per heavy atom. The molecule has 0 spiro atoms. The van der Waals surface area contributed by atoms with Crippen molar-refractivity contribution in [2.24, 2.45) is 18.2 Å². The van der Waals surface area contributed by atoms with Gasteiger partial charge in [-0.15, -0.1) is 10.2 Å². The average Bonchev–Trinajstić information content (AvgIpc) is 2.96. The fourth-order valence-corrected chi connectivity index (χ4v) is 3.30. The van der Waals surface area contributed by atoms with E-state index in [4.69, 9.17) is 5.73 Å². The van der Waals surface area contributed by atoms with Crippen molar-refractivity contribution in [2.45, 2.75) is 45.4 Å². The summed E-state index contributed by atoms with van der Waals surface area (Å²) in [6.07, 6.45) is 5.38. The smallest absolute Gasteiger partial charge is 0.230 e. The minimum absolute atomic E-state index is 0.210. The Hall–Kier alpha value is -1.43. The number of piperidine rings is 1. The van der Waals surface area contributed by atoms with Gasteiger partial charge in [0.15, 0.2) is 0 Å². The van der Waals surface area contributed by atoms with Crippen LogP contribution in [0, 0.1) is 5.41 Å². The number of aryl methyl sites for hydroxylation is 1. The van der Waals surface area contributed by atoms with Crippen LogP contribution in [-0.2, 0) is 11.8 Å². The van der Waals surface area contributed by atoms with Crippen molar-refractivity contribution in [3.05, 3.63) is 12.2 Å². The Bertz CT molecular complexity index is 472. The van der Waals surface area contributed by atoms with E-state index in [1.165, 1.54) is 0 Å². The van der Waals surface area contributed by atoms with Crippen LogP contribution in [0.3, 0.4) is 0 Å². The van der Waals surface area contributed by atoms with Crippen molar-refractivity contribution in [3.63, 3.8) is 0 Å². The van der Waals surface area contributed by atoms with Gasteiger partial charge in [-0.25, -0.2) is 0 Å². The highest BCUT2D eigenvalue weighted by Crippen LogP contribution is 2.32. The van der Waals surface area contributed by atoms with E-state index in [9.17, 15) is 4.79 Å². The molecule has 1 amide bonds. The van der Waals surface area contributed by atoms with Gasteiger partial charge in [0.1, 0.15) is 12.2 Å². The van der Waals surface area contributed by atoms with E-state index in [2.05, 4.69) is 24.0 Å². The maximum absolute atomic E-state index is 12.9. The van der Waals surface area contributed by atoms with Crippen molar-refractivity contribution in [1.29, 1.82) is 0 Å². The number of likely N-dealkylation sites (tertiary alicyclic amines) is 1. The minimum atomic E-state index is -0.401. The van der Waals surface area contributed by atoms with Crippen LogP contribution in [-0.4, -0.2) is 45.2 Å².